The zero-order valence-electron chi connectivity index (χ0n) is 10.5. The molecule has 6 heteroatoms. The smallest absolute Gasteiger partial charge is 0.306 e. The molecule has 0 aliphatic carbocycles. The fraction of sp³-hybridized carbons (Fsp3) is 0.385. The third-order valence-electron chi connectivity index (χ3n) is 2.71. The molecule has 0 heterocycles. The van der Waals surface area contributed by atoms with E-state index >= 15 is 0 Å². The molecule has 0 aromatic heterocycles. The van der Waals surface area contributed by atoms with Gasteiger partial charge >= 0.3 is 5.97 Å². The number of carboxylic acid groups (broad SMARTS) is 1. The van der Waals surface area contributed by atoms with Crippen LogP contribution in [0.2, 0.25) is 5.02 Å². The molecule has 104 valence electrons. The van der Waals surface area contributed by atoms with Crippen molar-refractivity contribution in [2.45, 2.75) is 19.8 Å². The predicted octanol–water partition coefficient (Wildman–Crippen LogP) is 2.71. The van der Waals surface area contributed by atoms with Crippen LogP contribution in [-0.2, 0) is 4.79 Å². The lowest BCUT2D eigenvalue weighted by atomic mass is 10.1. The lowest BCUT2D eigenvalue weighted by Gasteiger charge is -2.09. The van der Waals surface area contributed by atoms with Gasteiger partial charge in [-0.1, -0.05) is 24.6 Å². The number of nitrogens with one attached hydrogen (secondary N) is 1. The highest BCUT2D eigenvalue weighted by atomic mass is 35.5. The topological polar surface area (TPSA) is 66.4 Å². The van der Waals surface area contributed by atoms with Crippen molar-refractivity contribution in [3.05, 3.63) is 34.6 Å². The minimum Gasteiger partial charge on any atom is -0.481 e. The van der Waals surface area contributed by atoms with E-state index in [0.717, 1.165) is 6.07 Å². The number of hydrogen-bond acceptors (Lipinski definition) is 2. The molecular weight excluding hydrogens is 273 g/mol. The zero-order valence-corrected chi connectivity index (χ0v) is 11.2. The number of rotatable bonds is 6. The van der Waals surface area contributed by atoms with E-state index in [2.05, 4.69) is 5.32 Å². The first-order valence-corrected chi connectivity index (χ1v) is 6.26. The summed E-state index contributed by atoms with van der Waals surface area (Å²) in [6, 6.07) is 4.02. The molecule has 0 saturated carbocycles. The fourth-order valence-electron chi connectivity index (χ4n) is 1.54. The van der Waals surface area contributed by atoms with Gasteiger partial charge in [0.15, 0.2) is 0 Å². The molecule has 1 aromatic carbocycles. The number of hydrogen-bond donors (Lipinski definition) is 2. The van der Waals surface area contributed by atoms with Gasteiger partial charge in [-0.05, 0) is 25.0 Å². The Morgan fingerprint density at radius 2 is 2.16 bits per heavy atom. The summed E-state index contributed by atoms with van der Waals surface area (Å²) in [5.74, 6) is -2.60. The largest absolute Gasteiger partial charge is 0.481 e. The lowest BCUT2D eigenvalue weighted by molar-refractivity contribution is -0.141. The SMILES string of the molecule is CC(CCCNC(=O)c1c(F)cccc1Cl)C(=O)O. The Balaban J connectivity index is 2.46. The molecule has 0 fully saturated rings. The average Bonchev–Trinajstić information content (AvgIpc) is 2.34. The third-order valence-corrected chi connectivity index (χ3v) is 3.03. The quantitative estimate of drug-likeness (QED) is 0.791. The molecule has 4 nitrogen and oxygen atoms in total. The van der Waals surface area contributed by atoms with Crippen LogP contribution in [0, 0.1) is 11.7 Å². The Kier molecular flexibility index (Phi) is 5.76. The molecule has 1 rings (SSSR count). The second-order valence-corrected chi connectivity index (χ2v) is 4.64. The monoisotopic (exact) mass is 287 g/mol. The van der Waals surface area contributed by atoms with Gasteiger partial charge in [0.25, 0.3) is 5.91 Å². The molecule has 0 saturated heterocycles. The summed E-state index contributed by atoms with van der Waals surface area (Å²) in [6.07, 6.45) is 0.950. The Labute approximate surface area is 115 Å². The first-order chi connectivity index (χ1) is 8.93. The van der Waals surface area contributed by atoms with Crippen molar-refractivity contribution in [3.63, 3.8) is 0 Å². The molecule has 1 aromatic rings. The predicted molar refractivity (Wildman–Crippen MR) is 69.8 cm³/mol. The van der Waals surface area contributed by atoms with Crippen molar-refractivity contribution in [3.8, 4) is 0 Å². The second-order valence-electron chi connectivity index (χ2n) is 4.23. The van der Waals surface area contributed by atoms with E-state index in [4.69, 9.17) is 16.7 Å². The zero-order chi connectivity index (χ0) is 14.4. The van der Waals surface area contributed by atoms with E-state index in [1.807, 2.05) is 0 Å². The first kappa shape index (κ1) is 15.4. The van der Waals surface area contributed by atoms with Gasteiger partial charge in [0.1, 0.15) is 5.82 Å². The standard InChI is InChI=1S/C13H15ClFNO3/c1-8(13(18)19)4-3-7-16-12(17)11-9(14)5-2-6-10(11)15/h2,5-6,8H,3-4,7H2,1H3,(H,16,17)(H,18,19). The summed E-state index contributed by atoms with van der Waals surface area (Å²) < 4.78 is 13.4. The summed E-state index contributed by atoms with van der Waals surface area (Å²) in [5.41, 5.74) is -0.185. The van der Waals surface area contributed by atoms with E-state index in [1.165, 1.54) is 12.1 Å². The number of carbonyl (C=O) groups is 2. The maximum atomic E-state index is 13.4. The van der Waals surface area contributed by atoms with Gasteiger partial charge in [-0.25, -0.2) is 4.39 Å². The van der Waals surface area contributed by atoms with Crippen LogP contribution in [0.3, 0.4) is 0 Å². The Hall–Kier alpha value is -1.62. The van der Waals surface area contributed by atoms with Crippen LogP contribution >= 0.6 is 11.6 Å². The number of carboxylic acids is 1. The van der Waals surface area contributed by atoms with Crippen LogP contribution in [-0.4, -0.2) is 23.5 Å². The highest BCUT2D eigenvalue weighted by molar-refractivity contribution is 6.33. The maximum absolute atomic E-state index is 13.4. The fourth-order valence-corrected chi connectivity index (χ4v) is 1.79. The maximum Gasteiger partial charge on any atom is 0.306 e. The first-order valence-electron chi connectivity index (χ1n) is 5.88. The van der Waals surface area contributed by atoms with Crippen molar-refractivity contribution < 1.29 is 19.1 Å². The number of halogens is 2. The van der Waals surface area contributed by atoms with Crippen LogP contribution in [0.4, 0.5) is 4.39 Å². The molecule has 0 spiro atoms. The summed E-state index contributed by atoms with van der Waals surface area (Å²) in [5, 5.41) is 11.3. The van der Waals surface area contributed by atoms with Crippen molar-refractivity contribution >= 4 is 23.5 Å². The van der Waals surface area contributed by atoms with Gasteiger partial charge in [0.05, 0.1) is 16.5 Å². The van der Waals surface area contributed by atoms with E-state index < -0.39 is 23.6 Å². The molecule has 1 atom stereocenters. The number of carbonyl (C=O) groups excluding carboxylic acids is 1. The number of amides is 1. The van der Waals surface area contributed by atoms with E-state index in [1.54, 1.807) is 6.92 Å². The van der Waals surface area contributed by atoms with E-state index in [0.29, 0.717) is 12.8 Å². The average molecular weight is 288 g/mol. The molecule has 0 aliphatic rings. The lowest BCUT2D eigenvalue weighted by Crippen LogP contribution is -2.26. The summed E-state index contributed by atoms with van der Waals surface area (Å²) in [4.78, 5) is 22.3. The molecule has 1 unspecified atom stereocenters. The van der Waals surface area contributed by atoms with E-state index in [9.17, 15) is 14.0 Å². The minimum absolute atomic E-state index is 0.0522. The number of benzene rings is 1. The van der Waals surface area contributed by atoms with Gasteiger partial charge < -0.3 is 10.4 Å². The summed E-state index contributed by atoms with van der Waals surface area (Å²) >= 11 is 5.75. The second kappa shape index (κ2) is 7.09. The van der Waals surface area contributed by atoms with Crippen LogP contribution in [0.5, 0.6) is 0 Å². The van der Waals surface area contributed by atoms with Crippen molar-refractivity contribution in [2.24, 2.45) is 5.92 Å². The highest BCUT2D eigenvalue weighted by Crippen LogP contribution is 2.18. The molecule has 0 radical (unpaired) electrons. The van der Waals surface area contributed by atoms with Crippen molar-refractivity contribution in [1.82, 2.24) is 5.32 Å². The molecule has 1 amide bonds. The highest BCUT2D eigenvalue weighted by Gasteiger charge is 2.15. The van der Waals surface area contributed by atoms with Gasteiger partial charge in [-0.3, -0.25) is 9.59 Å². The van der Waals surface area contributed by atoms with Crippen LogP contribution in [0.1, 0.15) is 30.1 Å². The van der Waals surface area contributed by atoms with Crippen LogP contribution in [0.25, 0.3) is 0 Å². The molecule has 2 N–H and O–H groups in total. The van der Waals surface area contributed by atoms with Gasteiger partial charge in [-0.2, -0.15) is 0 Å². The normalized spacial score (nSPS) is 11.9. The minimum atomic E-state index is -0.872. The van der Waals surface area contributed by atoms with E-state index in [-0.39, 0.29) is 17.1 Å². The van der Waals surface area contributed by atoms with Gasteiger partial charge in [0.2, 0.25) is 0 Å². The molecular formula is C13H15ClFNO3. The van der Waals surface area contributed by atoms with Crippen molar-refractivity contribution in [2.75, 3.05) is 6.54 Å². The molecule has 19 heavy (non-hydrogen) atoms. The molecule has 0 aliphatic heterocycles. The summed E-state index contributed by atoms with van der Waals surface area (Å²) in [6.45, 7) is 1.87. The third kappa shape index (κ3) is 4.52. The van der Waals surface area contributed by atoms with Crippen LogP contribution < -0.4 is 5.32 Å². The Morgan fingerprint density at radius 3 is 2.74 bits per heavy atom. The van der Waals surface area contributed by atoms with Crippen LogP contribution in [0.15, 0.2) is 18.2 Å². The molecule has 0 bridgehead atoms. The summed E-state index contributed by atoms with van der Waals surface area (Å²) in [7, 11) is 0. The van der Waals surface area contributed by atoms with Crippen molar-refractivity contribution in [1.29, 1.82) is 0 Å². The van der Waals surface area contributed by atoms with Gasteiger partial charge in [-0.15, -0.1) is 0 Å². The van der Waals surface area contributed by atoms with Gasteiger partial charge in [0, 0.05) is 6.54 Å². The number of aliphatic carboxylic acids is 1. The Bertz CT molecular complexity index is 459. The Morgan fingerprint density at radius 1 is 1.47 bits per heavy atom.